The molecule has 1 aliphatic heterocycles. The van der Waals surface area contributed by atoms with Crippen LogP contribution in [-0.2, 0) is 38.4 Å². The largest absolute Gasteiger partial charge is 0.481 e. The summed E-state index contributed by atoms with van der Waals surface area (Å²) in [6.45, 7) is 0.118. The SMILES string of the molecule is C[C@H](NC(=O)CNC(=O)[C@@H](N)CC(=O)O)C(=O)N[C@@H](CCC(=O)O)C(=O)N1CCC[C@H]1C(=O)NCC(=O)O. The van der Waals surface area contributed by atoms with Crippen LogP contribution < -0.4 is 27.0 Å². The first-order valence-corrected chi connectivity index (χ1v) is 11.6. The normalized spacial score (nSPS) is 16.9. The van der Waals surface area contributed by atoms with E-state index in [2.05, 4.69) is 21.3 Å². The zero-order valence-electron chi connectivity index (χ0n) is 20.6. The van der Waals surface area contributed by atoms with Crippen molar-refractivity contribution in [3.8, 4) is 0 Å². The summed E-state index contributed by atoms with van der Waals surface area (Å²) in [5, 5.41) is 35.4. The lowest BCUT2D eigenvalue weighted by molar-refractivity contribution is -0.143. The molecule has 1 rings (SSSR count). The van der Waals surface area contributed by atoms with Gasteiger partial charge in [-0.15, -0.1) is 0 Å². The highest BCUT2D eigenvalue weighted by Gasteiger charge is 2.38. The fraction of sp³-hybridized carbons (Fsp3) is 0.619. The third-order valence-corrected chi connectivity index (χ3v) is 5.44. The first-order valence-electron chi connectivity index (χ1n) is 11.6. The van der Waals surface area contributed by atoms with Gasteiger partial charge in [-0.3, -0.25) is 38.4 Å². The van der Waals surface area contributed by atoms with Gasteiger partial charge in [-0.25, -0.2) is 0 Å². The highest BCUT2D eigenvalue weighted by molar-refractivity contribution is 5.96. The molecule has 0 radical (unpaired) electrons. The predicted octanol–water partition coefficient (Wildman–Crippen LogP) is -4.05. The molecule has 0 aliphatic carbocycles. The summed E-state index contributed by atoms with van der Waals surface area (Å²) in [5.74, 6) is -7.86. The number of carboxylic acids is 3. The van der Waals surface area contributed by atoms with Gasteiger partial charge in [0.25, 0.3) is 0 Å². The van der Waals surface area contributed by atoms with Crippen LogP contribution in [0.15, 0.2) is 0 Å². The van der Waals surface area contributed by atoms with Crippen molar-refractivity contribution in [1.29, 1.82) is 0 Å². The predicted molar refractivity (Wildman–Crippen MR) is 125 cm³/mol. The van der Waals surface area contributed by atoms with E-state index in [9.17, 15) is 38.4 Å². The van der Waals surface area contributed by atoms with E-state index < -0.39 is 97.5 Å². The molecule has 9 N–H and O–H groups in total. The molecule has 0 unspecified atom stereocenters. The molecule has 17 heteroatoms. The van der Waals surface area contributed by atoms with Gasteiger partial charge in [0, 0.05) is 13.0 Å². The molecule has 4 atom stereocenters. The van der Waals surface area contributed by atoms with E-state index in [1.54, 1.807) is 0 Å². The quantitative estimate of drug-likeness (QED) is 0.0978. The molecule has 0 saturated carbocycles. The second-order valence-corrected chi connectivity index (χ2v) is 8.51. The number of nitrogens with two attached hydrogens (primary N) is 1. The van der Waals surface area contributed by atoms with Crippen molar-refractivity contribution < 1.29 is 53.7 Å². The second kappa shape index (κ2) is 15.1. The molecule has 1 fully saturated rings. The van der Waals surface area contributed by atoms with E-state index in [-0.39, 0.29) is 19.4 Å². The van der Waals surface area contributed by atoms with Crippen molar-refractivity contribution >= 4 is 47.4 Å². The summed E-state index contributed by atoms with van der Waals surface area (Å²) >= 11 is 0. The van der Waals surface area contributed by atoms with E-state index in [1.807, 2.05) is 0 Å². The third-order valence-electron chi connectivity index (χ3n) is 5.44. The highest BCUT2D eigenvalue weighted by atomic mass is 16.4. The number of carbonyl (C=O) groups excluding carboxylic acids is 5. The Hall–Kier alpha value is -4.28. The van der Waals surface area contributed by atoms with Crippen LogP contribution in [0.25, 0.3) is 0 Å². The molecule has 0 aromatic carbocycles. The van der Waals surface area contributed by atoms with Crippen molar-refractivity contribution in [2.75, 3.05) is 19.6 Å². The van der Waals surface area contributed by atoms with E-state index in [4.69, 9.17) is 21.1 Å². The van der Waals surface area contributed by atoms with Crippen LogP contribution in [0.1, 0.15) is 39.0 Å². The first-order chi connectivity index (χ1) is 17.7. The van der Waals surface area contributed by atoms with E-state index in [1.165, 1.54) is 6.92 Å². The Morgan fingerprint density at radius 2 is 1.55 bits per heavy atom. The molecule has 1 heterocycles. The Labute approximate surface area is 216 Å². The standard InChI is InChI=1S/C21H32N6O11/c1-10(25-14(28)8-23-19(36)11(22)7-16(31)32)18(35)26-12(4-5-15(29)30)21(38)27-6-2-3-13(27)20(37)24-9-17(33)34/h10-13H,2-9,22H2,1H3,(H,23,36)(H,24,37)(H,25,28)(H,26,35)(H,29,30)(H,31,32)(H,33,34)/t10-,11-,12-,13-/m0/s1. The minimum atomic E-state index is -1.39. The summed E-state index contributed by atoms with van der Waals surface area (Å²) in [6, 6.07) is -4.98. The molecular formula is C21H32N6O11. The number of carboxylic acid groups (broad SMARTS) is 3. The third kappa shape index (κ3) is 10.8. The Morgan fingerprint density at radius 1 is 0.895 bits per heavy atom. The average Bonchev–Trinajstić information content (AvgIpc) is 3.32. The fourth-order valence-electron chi connectivity index (χ4n) is 3.54. The van der Waals surface area contributed by atoms with Crippen LogP contribution in [0.3, 0.4) is 0 Å². The summed E-state index contributed by atoms with van der Waals surface area (Å²) in [6.07, 6.45) is -0.811. The van der Waals surface area contributed by atoms with Crippen LogP contribution in [0.4, 0.5) is 0 Å². The van der Waals surface area contributed by atoms with Crippen molar-refractivity contribution in [2.45, 2.75) is 63.2 Å². The number of aliphatic carboxylic acids is 3. The van der Waals surface area contributed by atoms with Gasteiger partial charge in [0.05, 0.1) is 19.0 Å². The number of likely N-dealkylation sites (tertiary alicyclic amines) is 1. The van der Waals surface area contributed by atoms with Gasteiger partial charge >= 0.3 is 17.9 Å². The zero-order chi connectivity index (χ0) is 29.0. The highest BCUT2D eigenvalue weighted by Crippen LogP contribution is 2.20. The maximum absolute atomic E-state index is 13.1. The van der Waals surface area contributed by atoms with E-state index >= 15 is 0 Å². The van der Waals surface area contributed by atoms with Gasteiger partial charge in [0.2, 0.25) is 29.5 Å². The fourth-order valence-corrected chi connectivity index (χ4v) is 3.54. The smallest absolute Gasteiger partial charge is 0.322 e. The Morgan fingerprint density at radius 3 is 2.13 bits per heavy atom. The molecule has 0 aromatic heterocycles. The van der Waals surface area contributed by atoms with Gasteiger partial charge < -0.3 is 47.2 Å². The number of carbonyl (C=O) groups is 8. The Bertz CT molecular complexity index is 956. The molecule has 0 bridgehead atoms. The lowest BCUT2D eigenvalue weighted by Crippen LogP contribution is -2.57. The molecular weight excluding hydrogens is 512 g/mol. The van der Waals surface area contributed by atoms with Crippen molar-refractivity contribution in [2.24, 2.45) is 5.73 Å². The number of nitrogens with zero attached hydrogens (tertiary/aromatic N) is 1. The minimum Gasteiger partial charge on any atom is -0.481 e. The number of amides is 5. The summed E-state index contributed by atoms with van der Waals surface area (Å²) < 4.78 is 0. The first kappa shape index (κ1) is 31.7. The van der Waals surface area contributed by atoms with Crippen LogP contribution in [0.5, 0.6) is 0 Å². The van der Waals surface area contributed by atoms with Crippen molar-refractivity contribution in [3.63, 3.8) is 0 Å². The Balaban J connectivity index is 2.78. The van der Waals surface area contributed by atoms with Gasteiger partial charge in [-0.2, -0.15) is 0 Å². The molecule has 5 amide bonds. The van der Waals surface area contributed by atoms with E-state index in [0.29, 0.717) is 6.42 Å². The maximum Gasteiger partial charge on any atom is 0.322 e. The maximum atomic E-state index is 13.1. The van der Waals surface area contributed by atoms with Crippen LogP contribution in [0, 0.1) is 0 Å². The molecule has 1 aliphatic rings. The number of rotatable bonds is 15. The van der Waals surface area contributed by atoms with Crippen LogP contribution >= 0.6 is 0 Å². The van der Waals surface area contributed by atoms with Gasteiger partial charge in [-0.05, 0) is 26.2 Å². The lowest BCUT2D eigenvalue weighted by Gasteiger charge is -2.29. The van der Waals surface area contributed by atoms with Gasteiger partial charge in [0.1, 0.15) is 24.7 Å². The average molecular weight is 545 g/mol. The minimum absolute atomic E-state index is 0.124. The summed E-state index contributed by atoms with van der Waals surface area (Å²) in [4.78, 5) is 95.5. The molecule has 212 valence electrons. The summed E-state index contributed by atoms with van der Waals surface area (Å²) in [7, 11) is 0. The monoisotopic (exact) mass is 544 g/mol. The van der Waals surface area contributed by atoms with Gasteiger partial charge in [-0.1, -0.05) is 0 Å². The number of hydrogen-bond donors (Lipinski definition) is 8. The molecule has 38 heavy (non-hydrogen) atoms. The lowest BCUT2D eigenvalue weighted by atomic mass is 10.1. The number of nitrogens with one attached hydrogen (secondary N) is 4. The van der Waals surface area contributed by atoms with Crippen molar-refractivity contribution in [1.82, 2.24) is 26.2 Å². The van der Waals surface area contributed by atoms with Crippen LogP contribution in [0.2, 0.25) is 0 Å². The molecule has 17 nitrogen and oxygen atoms in total. The molecule has 1 saturated heterocycles. The van der Waals surface area contributed by atoms with Crippen molar-refractivity contribution in [3.05, 3.63) is 0 Å². The second-order valence-electron chi connectivity index (χ2n) is 8.51. The summed E-state index contributed by atoms with van der Waals surface area (Å²) in [5.41, 5.74) is 5.38. The zero-order valence-corrected chi connectivity index (χ0v) is 20.6. The number of hydrogen-bond acceptors (Lipinski definition) is 9. The Kier molecular flexibility index (Phi) is 12.6. The van der Waals surface area contributed by atoms with Gasteiger partial charge in [0.15, 0.2) is 0 Å². The molecule has 0 spiro atoms. The van der Waals surface area contributed by atoms with Crippen LogP contribution in [-0.4, -0.2) is 111 Å². The molecule has 0 aromatic rings. The topological polar surface area (TPSA) is 275 Å². The van der Waals surface area contributed by atoms with E-state index in [0.717, 1.165) is 4.90 Å².